The van der Waals surface area contributed by atoms with Crippen LogP contribution in [0.1, 0.15) is 5.56 Å². The van der Waals surface area contributed by atoms with Crippen molar-refractivity contribution in [2.45, 2.75) is 11.8 Å². The Hall–Kier alpha value is -0.960. The van der Waals surface area contributed by atoms with E-state index in [0.717, 1.165) is 5.56 Å². The third-order valence-corrected chi connectivity index (χ3v) is 3.93. The molecule has 0 heterocycles. The Balaban J connectivity index is 2.86. The maximum absolute atomic E-state index is 11.7. The number of hydrogen-bond donors (Lipinski definition) is 2. The summed E-state index contributed by atoms with van der Waals surface area (Å²) in [7, 11) is -3.89. The molecule has 1 aromatic carbocycles. The number of carbonyl (C=O) groups is 1. The molecule has 0 saturated heterocycles. The van der Waals surface area contributed by atoms with Crippen LogP contribution in [0.2, 0.25) is 0 Å². The molecule has 1 rings (SSSR count). The third kappa shape index (κ3) is 4.08. The van der Waals surface area contributed by atoms with Gasteiger partial charge in [0.15, 0.2) is 6.61 Å². The standard InChI is InChI=1S/C9H10BrNO5S/c1-6-2-3-8(7(10)4-6)17(14,15)11-16-5-9(12)13/h2-4,11H,5H2,1H3,(H,12,13). The summed E-state index contributed by atoms with van der Waals surface area (Å²) in [6.07, 6.45) is 0. The summed E-state index contributed by atoms with van der Waals surface area (Å²) < 4.78 is 23.8. The highest BCUT2D eigenvalue weighted by Crippen LogP contribution is 2.22. The van der Waals surface area contributed by atoms with E-state index in [-0.39, 0.29) is 4.90 Å². The molecule has 1 aromatic rings. The number of carboxylic acids is 1. The second-order valence-electron chi connectivity index (χ2n) is 3.20. The lowest BCUT2D eigenvalue weighted by molar-refractivity contribution is -0.143. The second-order valence-corrected chi connectivity index (χ2v) is 5.67. The number of carboxylic acid groups (broad SMARTS) is 1. The van der Waals surface area contributed by atoms with Crippen LogP contribution in [0.5, 0.6) is 0 Å². The van der Waals surface area contributed by atoms with Crippen LogP contribution in [-0.4, -0.2) is 26.1 Å². The lowest BCUT2D eigenvalue weighted by Crippen LogP contribution is -2.27. The monoisotopic (exact) mass is 323 g/mol. The number of rotatable bonds is 5. The van der Waals surface area contributed by atoms with Crippen molar-refractivity contribution in [3.63, 3.8) is 0 Å². The largest absolute Gasteiger partial charge is 0.479 e. The van der Waals surface area contributed by atoms with Crippen LogP contribution in [0.25, 0.3) is 0 Å². The van der Waals surface area contributed by atoms with Crippen molar-refractivity contribution in [1.29, 1.82) is 0 Å². The Morgan fingerprint density at radius 2 is 2.18 bits per heavy atom. The van der Waals surface area contributed by atoms with Gasteiger partial charge in [-0.3, -0.25) is 4.84 Å². The fraction of sp³-hybridized carbons (Fsp3) is 0.222. The van der Waals surface area contributed by atoms with Gasteiger partial charge < -0.3 is 5.11 Å². The summed E-state index contributed by atoms with van der Waals surface area (Å²) in [6.45, 7) is 1.07. The van der Waals surface area contributed by atoms with E-state index in [1.807, 2.05) is 6.92 Å². The molecule has 0 bridgehead atoms. The quantitative estimate of drug-likeness (QED) is 0.790. The molecule has 8 heteroatoms. The number of hydrogen-bond acceptors (Lipinski definition) is 4. The van der Waals surface area contributed by atoms with Crippen molar-refractivity contribution in [3.8, 4) is 0 Å². The van der Waals surface area contributed by atoms with Crippen molar-refractivity contribution < 1.29 is 23.2 Å². The van der Waals surface area contributed by atoms with E-state index in [1.165, 1.54) is 6.07 Å². The molecular formula is C9H10BrNO5S. The molecule has 6 nitrogen and oxygen atoms in total. The molecular weight excluding hydrogens is 314 g/mol. The lowest BCUT2D eigenvalue weighted by atomic mass is 10.2. The van der Waals surface area contributed by atoms with Crippen LogP contribution in [0, 0.1) is 6.92 Å². The number of aryl methyl sites for hydroxylation is 1. The lowest BCUT2D eigenvalue weighted by Gasteiger charge is -2.07. The molecule has 94 valence electrons. The molecule has 0 aliphatic rings. The van der Waals surface area contributed by atoms with Gasteiger partial charge in [-0.25, -0.2) is 13.2 Å². The maximum atomic E-state index is 11.7. The van der Waals surface area contributed by atoms with Crippen LogP contribution in [0.3, 0.4) is 0 Å². The fourth-order valence-electron chi connectivity index (χ4n) is 1.04. The Morgan fingerprint density at radius 1 is 1.53 bits per heavy atom. The molecule has 17 heavy (non-hydrogen) atoms. The Bertz CT molecular complexity index is 528. The zero-order chi connectivity index (χ0) is 13.1. The average Bonchev–Trinajstić information content (AvgIpc) is 2.15. The van der Waals surface area contributed by atoms with E-state index in [2.05, 4.69) is 20.8 Å². The van der Waals surface area contributed by atoms with E-state index >= 15 is 0 Å². The zero-order valence-corrected chi connectivity index (χ0v) is 11.2. The molecule has 0 fully saturated rings. The molecule has 0 amide bonds. The smallest absolute Gasteiger partial charge is 0.331 e. The minimum atomic E-state index is -3.89. The van der Waals surface area contributed by atoms with Crippen molar-refractivity contribution >= 4 is 31.9 Å². The molecule has 0 atom stereocenters. The summed E-state index contributed by atoms with van der Waals surface area (Å²) in [6, 6.07) is 4.65. The van der Waals surface area contributed by atoms with Gasteiger partial charge in [-0.05, 0) is 40.5 Å². The van der Waals surface area contributed by atoms with Gasteiger partial charge in [0, 0.05) is 4.47 Å². The van der Waals surface area contributed by atoms with Gasteiger partial charge in [-0.15, -0.1) is 0 Å². The summed E-state index contributed by atoms with van der Waals surface area (Å²) in [5.41, 5.74) is 0.891. The number of nitrogens with one attached hydrogen (secondary N) is 1. The molecule has 0 radical (unpaired) electrons. The van der Waals surface area contributed by atoms with Crippen LogP contribution in [0.15, 0.2) is 27.6 Å². The van der Waals surface area contributed by atoms with Crippen LogP contribution < -0.4 is 4.89 Å². The van der Waals surface area contributed by atoms with Crippen molar-refractivity contribution in [3.05, 3.63) is 28.2 Å². The SMILES string of the molecule is Cc1ccc(S(=O)(=O)NOCC(=O)O)c(Br)c1. The Kier molecular flexibility index (Phi) is 4.63. The van der Waals surface area contributed by atoms with Crippen molar-refractivity contribution in [2.24, 2.45) is 0 Å². The summed E-state index contributed by atoms with van der Waals surface area (Å²) >= 11 is 3.11. The predicted molar refractivity (Wildman–Crippen MR) is 62.8 cm³/mol. The molecule has 0 aromatic heterocycles. The van der Waals surface area contributed by atoms with Crippen molar-refractivity contribution in [2.75, 3.05) is 6.61 Å². The first-order valence-corrected chi connectivity index (χ1v) is 6.72. The second kappa shape index (κ2) is 5.58. The molecule has 2 N–H and O–H groups in total. The minimum Gasteiger partial charge on any atom is -0.479 e. The van der Waals surface area contributed by atoms with Gasteiger partial charge in [-0.1, -0.05) is 11.0 Å². The molecule has 0 saturated carbocycles. The summed E-state index contributed by atoms with van der Waals surface area (Å²) in [4.78, 5) is 16.2. The van der Waals surface area contributed by atoms with Gasteiger partial charge in [0.05, 0.1) is 4.90 Å². The van der Waals surface area contributed by atoms with E-state index in [9.17, 15) is 13.2 Å². The Morgan fingerprint density at radius 3 is 2.71 bits per heavy atom. The normalized spacial score (nSPS) is 11.4. The van der Waals surface area contributed by atoms with E-state index in [0.29, 0.717) is 4.47 Å². The zero-order valence-electron chi connectivity index (χ0n) is 8.81. The average molecular weight is 324 g/mol. The van der Waals surface area contributed by atoms with Gasteiger partial charge in [0.2, 0.25) is 0 Å². The highest BCUT2D eigenvalue weighted by atomic mass is 79.9. The van der Waals surface area contributed by atoms with Crippen LogP contribution >= 0.6 is 15.9 Å². The van der Waals surface area contributed by atoms with Gasteiger partial charge in [-0.2, -0.15) is 0 Å². The van der Waals surface area contributed by atoms with E-state index in [4.69, 9.17) is 5.11 Å². The van der Waals surface area contributed by atoms with Gasteiger partial charge >= 0.3 is 5.97 Å². The first-order valence-electron chi connectivity index (χ1n) is 4.44. The maximum Gasteiger partial charge on any atom is 0.331 e. The molecule has 0 unspecified atom stereocenters. The first kappa shape index (κ1) is 14.1. The summed E-state index contributed by atoms with van der Waals surface area (Å²) in [5, 5.41) is 8.30. The fourth-order valence-corrected chi connectivity index (χ4v) is 3.04. The number of halogens is 1. The third-order valence-electron chi connectivity index (χ3n) is 1.74. The number of benzene rings is 1. The summed E-state index contributed by atoms with van der Waals surface area (Å²) in [5.74, 6) is -1.27. The van der Waals surface area contributed by atoms with Crippen LogP contribution in [-0.2, 0) is 19.7 Å². The highest BCUT2D eigenvalue weighted by Gasteiger charge is 2.18. The number of sulfonamides is 1. The van der Waals surface area contributed by atoms with E-state index < -0.39 is 22.6 Å². The highest BCUT2D eigenvalue weighted by molar-refractivity contribution is 9.10. The van der Waals surface area contributed by atoms with E-state index in [1.54, 1.807) is 17.0 Å². The Labute approximate surface area is 107 Å². The topological polar surface area (TPSA) is 92.7 Å². The first-order chi connectivity index (χ1) is 7.83. The molecule has 0 aliphatic heterocycles. The molecule has 0 aliphatic carbocycles. The van der Waals surface area contributed by atoms with Gasteiger partial charge in [0.25, 0.3) is 10.0 Å². The minimum absolute atomic E-state index is 0.0199. The van der Waals surface area contributed by atoms with Gasteiger partial charge in [0.1, 0.15) is 0 Å². The predicted octanol–water partition coefficient (Wildman–Crippen LogP) is 1.05. The van der Waals surface area contributed by atoms with Crippen molar-refractivity contribution in [1.82, 2.24) is 4.89 Å². The molecule has 0 spiro atoms. The number of aliphatic carboxylic acids is 1. The van der Waals surface area contributed by atoms with Crippen LogP contribution in [0.4, 0.5) is 0 Å².